The number of thioether (sulfide) groups is 1. The van der Waals surface area contributed by atoms with Crippen LogP contribution in [0.1, 0.15) is 20.3 Å². The van der Waals surface area contributed by atoms with Crippen LogP contribution in [0.3, 0.4) is 0 Å². The molecule has 0 aliphatic carbocycles. The quantitative estimate of drug-likeness (QED) is 0.778. The third-order valence-electron chi connectivity index (χ3n) is 2.64. The first-order valence-electron chi connectivity index (χ1n) is 5.78. The molecule has 1 aliphatic rings. The largest absolute Gasteiger partial charge is 0.396 e. The molecule has 2 atom stereocenters. The smallest absolute Gasteiger partial charge is 0.235 e. The zero-order chi connectivity index (χ0) is 12.0. The van der Waals surface area contributed by atoms with Crippen LogP contribution in [0.5, 0.6) is 0 Å². The SMILES string of the molecule is CC(CCO)SC(C)C(=O)N1CCOCC1. The Labute approximate surface area is 101 Å². The van der Waals surface area contributed by atoms with Gasteiger partial charge in [-0.15, -0.1) is 11.8 Å². The van der Waals surface area contributed by atoms with Gasteiger partial charge in [0.05, 0.1) is 18.5 Å². The highest BCUT2D eigenvalue weighted by Gasteiger charge is 2.23. The van der Waals surface area contributed by atoms with Gasteiger partial charge in [0.15, 0.2) is 0 Å². The Morgan fingerprint density at radius 1 is 1.44 bits per heavy atom. The molecule has 0 radical (unpaired) electrons. The summed E-state index contributed by atoms with van der Waals surface area (Å²) >= 11 is 1.63. The van der Waals surface area contributed by atoms with Crippen molar-refractivity contribution in [3.8, 4) is 0 Å². The second-order valence-electron chi connectivity index (χ2n) is 4.04. The lowest BCUT2D eigenvalue weighted by molar-refractivity contribution is -0.134. The summed E-state index contributed by atoms with van der Waals surface area (Å²) in [4.78, 5) is 13.9. The van der Waals surface area contributed by atoms with Crippen molar-refractivity contribution in [3.63, 3.8) is 0 Å². The maximum atomic E-state index is 12.0. The van der Waals surface area contributed by atoms with Crippen LogP contribution in [-0.2, 0) is 9.53 Å². The molecule has 2 unspecified atom stereocenters. The summed E-state index contributed by atoms with van der Waals surface area (Å²) in [5, 5.41) is 9.11. The monoisotopic (exact) mass is 247 g/mol. The van der Waals surface area contributed by atoms with Gasteiger partial charge >= 0.3 is 0 Å². The van der Waals surface area contributed by atoms with Crippen molar-refractivity contribution in [2.45, 2.75) is 30.8 Å². The maximum absolute atomic E-state index is 12.0. The number of aliphatic hydroxyl groups is 1. The number of ether oxygens (including phenoxy) is 1. The van der Waals surface area contributed by atoms with Crippen molar-refractivity contribution in [3.05, 3.63) is 0 Å². The van der Waals surface area contributed by atoms with E-state index in [9.17, 15) is 4.79 Å². The molecule has 0 aromatic carbocycles. The average Bonchev–Trinajstić information content (AvgIpc) is 2.29. The van der Waals surface area contributed by atoms with Crippen molar-refractivity contribution in [2.75, 3.05) is 32.9 Å². The topological polar surface area (TPSA) is 49.8 Å². The third-order valence-corrected chi connectivity index (χ3v) is 3.95. The summed E-state index contributed by atoms with van der Waals surface area (Å²) in [5.41, 5.74) is 0. The molecule has 0 spiro atoms. The Kier molecular flexibility index (Phi) is 6.16. The van der Waals surface area contributed by atoms with E-state index in [0.717, 1.165) is 6.42 Å². The van der Waals surface area contributed by atoms with Gasteiger partial charge in [0, 0.05) is 24.9 Å². The number of nitrogens with zero attached hydrogens (tertiary/aromatic N) is 1. The lowest BCUT2D eigenvalue weighted by Gasteiger charge is -2.29. The first kappa shape index (κ1) is 13.8. The van der Waals surface area contributed by atoms with E-state index in [1.54, 1.807) is 11.8 Å². The van der Waals surface area contributed by atoms with E-state index in [1.807, 2.05) is 18.7 Å². The van der Waals surface area contributed by atoms with E-state index in [4.69, 9.17) is 9.84 Å². The molecule has 0 aromatic heterocycles. The predicted molar refractivity (Wildman–Crippen MR) is 65.6 cm³/mol. The van der Waals surface area contributed by atoms with E-state index in [0.29, 0.717) is 31.6 Å². The summed E-state index contributed by atoms with van der Waals surface area (Å²) in [6.45, 7) is 6.88. The summed E-state index contributed by atoms with van der Waals surface area (Å²) in [5.74, 6) is 0.193. The lowest BCUT2D eigenvalue weighted by atomic mass is 10.3. The second kappa shape index (κ2) is 7.14. The standard InChI is InChI=1S/C11H21NO3S/c1-9(3-6-13)16-10(2)11(14)12-4-7-15-8-5-12/h9-10,13H,3-8H2,1-2H3. The number of carbonyl (C=O) groups excluding carboxylic acids is 1. The number of rotatable bonds is 5. The zero-order valence-electron chi connectivity index (χ0n) is 10.0. The van der Waals surface area contributed by atoms with Crippen molar-refractivity contribution in [1.29, 1.82) is 0 Å². The highest BCUT2D eigenvalue weighted by Crippen LogP contribution is 2.21. The van der Waals surface area contributed by atoms with Gasteiger partial charge in [-0.3, -0.25) is 4.79 Å². The summed E-state index contributed by atoms with van der Waals surface area (Å²) in [6.07, 6.45) is 0.741. The molecule has 1 fully saturated rings. The highest BCUT2D eigenvalue weighted by molar-refractivity contribution is 8.01. The minimum absolute atomic E-state index is 0.0281. The van der Waals surface area contributed by atoms with Crippen LogP contribution in [0.2, 0.25) is 0 Å². The minimum atomic E-state index is -0.0281. The molecule has 5 heteroatoms. The minimum Gasteiger partial charge on any atom is -0.396 e. The van der Waals surface area contributed by atoms with Crippen molar-refractivity contribution in [1.82, 2.24) is 4.90 Å². The van der Waals surface area contributed by atoms with Crippen LogP contribution in [0.4, 0.5) is 0 Å². The Morgan fingerprint density at radius 3 is 2.62 bits per heavy atom. The van der Waals surface area contributed by atoms with Crippen LogP contribution in [0, 0.1) is 0 Å². The Bertz CT molecular complexity index is 219. The van der Waals surface area contributed by atoms with Gasteiger partial charge in [0.25, 0.3) is 0 Å². The average molecular weight is 247 g/mol. The molecule has 1 rings (SSSR count). The van der Waals surface area contributed by atoms with Crippen LogP contribution in [0.15, 0.2) is 0 Å². The summed E-state index contributed by atoms with van der Waals surface area (Å²) in [7, 11) is 0. The highest BCUT2D eigenvalue weighted by atomic mass is 32.2. The van der Waals surface area contributed by atoms with E-state index < -0.39 is 0 Å². The predicted octanol–water partition coefficient (Wildman–Crippen LogP) is 0.738. The number of hydrogen-bond donors (Lipinski definition) is 1. The van der Waals surface area contributed by atoms with Crippen molar-refractivity contribution in [2.24, 2.45) is 0 Å². The third kappa shape index (κ3) is 4.31. The summed E-state index contributed by atoms with van der Waals surface area (Å²) in [6, 6.07) is 0. The van der Waals surface area contributed by atoms with Crippen molar-refractivity contribution < 1.29 is 14.6 Å². The molecule has 0 bridgehead atoms. The molecule has 94 valence electrons. The molecule has 4 nitrogen and oxygen atoms in total. The van der Waals surface area contributed by atoms with E-state index in [-0.39, 0.29) is 17.8 Å². The Hall–Kier alpha value is -0.260. The molecular weight excluding hydrogens is 226 g/mol. The molecule has 0 saturated carbocycles. The van der Waals surface area contributed by atoms with Gasteiger partial charge in [-0.05, 0) is 13.3 Å². The number of amides is 1. The van der Waals surface area contributed by atoms with E-state index >= 15 is 0 Å². The Balaban J connectivity index is 2.34. The lowest BCUT2D eigenvalue weighted by Crippen LogP contribution is -2.44. The molecule has 1 saturated heterocycles. The molecule has 1 N–H and O–H groups in total. The van der Waals surface area contributed by atoms with E-state index in [2.05, 4.69) is 0 Å². The maximum Gasteiger partial charge on any atom is 0.235 e. The van der Waals surface area contributed by atoms with Gasteiger partial charge in [0.2, 0.25) is 5.91 Å². The fourth-order valence-electron chi connectivity index (χ4n) is 1.70. The number of aliphatic hydroxyl groups excluding tert-OH is 1. The Morgan fingerprint density at radius 2 is 2.06 bits per heavy atom. The van der Waals surface area contributed by atoms with Gasteiger partial charge < -0.3 is 14.7 Å². The second-order valence-corrected chi connectivity index (χ2v) is 5.82. The molecule has 16 heavy (non-hydrogen) atoms. The summed E-state index contributed by atoms with van der Waals surface area (Å²) < 4.78 is 5.22. The molecule has 1 aliphatic heterocycles. The first-order chi connectivity index (χ1) is 7.65. The van der Waals surface area contributed by atoms with E-state index in [1.165, 1.54) is 0 Å². The normalized spacial score (nSPS) is 20.6. The molecule has 0 aromatic rings. The van der Waals surface area contributed by atoms with Crippen LogP contribution < -0.4 is 0 Å². The number of carbonyl (C=O) groups is 1. The molecule has 1 heterocycles. The van der Waals surface area contributed by atoms with Gasteiger partial charge in [-0.2, -0.15) is 0 Å². The van der Waals surface area contributed by atoms with Gasteiger partial charge in [-0.25, -0.2) is 0 Å². The van der Waals surface area contributed by atoms with Crippen LogP contribution >= 0.6 is 11.8 Å². The fraction of sp³-hybridized carbons (Fsp3) is 0.909. The zero-order valence-corrected chi connectivity index (χ0v) is 10.8. The van der Waals surface area contributed by atoms with Crippen LogP contribution in [-0.4, -0.2) is 59.3 Å². The van der Waals surface area contributed by atoms with Crippen molar-refractivity contribution >= 4 is 17.7 Å². The number of morpholine rings is 1. The molecule has 1 amide bonds. The van der Waals surface area contributed by atoms with Gasteiger partial charge in [0.1, 0.15) is 0 Å². The number of hydrogen-bond acceptors (Lipinski definition) is 4. The van der Waals surface area contributed by atoms with Crippen LogP contribution in [0.25, 0.3) is 0 Å². The first-order valence-corrected chi connectivity index (χ1v) is 6.72. The van der Waals surface area contributed by atoms with Gasteiger partial charge in [-0.1, -0.05) is 6.92 Å². The fourth-order valence-corrected chi connectivity index (χ4v) is 2.90. The molecular formula is C11H21NO3S.